The minimum atomic E-state index is -4.80. The highest BCUT2D eigenvalue weighted by atomic mass is 19.4. The molecule has 0 radical (unpaired) electrons. The van der Waals surface area contributed by atoms with E-state index in [1.54, 1.807) is 22.9 Å². The van der Waals surface area contributed by atoms with E-state index in [0.717, 1.165) is 6.07 Å². The quantitative estimate of drug-likeness (QED) is 0.418. The molecule has 3 N–H and O–H groups in total. The highest BCUT2D eigenvalue weighted by molar-refractivity contribution is 5.91. The molecule has 0 unspecified atom stereocenters. The van der Waals surface area contributed by atoms with E-state index >= 15 is 0 Å². The van der Waals surface area contributed by atoms with E-state index in [1.807, 2.05) is 0 Å². The minimum Gasteiger partial charge on any atom is -0.353 e. The molecule has 40 heavy (non-hydrogen) atoms. The lowest BCUT2D eigenvalue weighted by atomic mass is 9.85. The van der Waals surface area contributed by atoms with Crippen molar-refractivity contribution in [2.75, 3.05) is 19.6 Å². The van der Waals surface area contributed by atoms with Crippen LogP contribution in [0.2, 0.25) is 0 Å². The molecule has 3 aromatic rings. The lowest BCUT2D eigenvalue weighted by molar-refractivity contribution is -0.160. The molecule has 2 aromatic heterocycles. The summed E-state index contributed by atoms with van der Waals surface area (Å²) in [6.45, 7) is 0.0573. The van der Waals surface area contributed by atoms with Crippen molar-refractivity contribution < 1.29 is 31.5 Å². The molecule has 2 aliphatic heterocycles. The Balaban J connectivity index is 1.32. The Hall–Kier alpha value is -3.97. The average Bonchev–Trinajstić information content (AvgIpc) is 3.17. The maximum Gasteiger partial charge on any atom is 0.391 e. The summed E-state index contributed by atoms with van der Waals surface area (Å²) in [5.74, 6) is -4.05. The number of halogens is 5. The number of nitrogens with zero attached hydrogens (tertiary/aromatic N) is 3. The predicted molar refractivity (Wildman–Crippen MR) is 133 cm³/mol. The van der Waals surface area contributed by atoms with Crippen LogP contribution in [0.5, 0.6) is 0 Å². The Bertz CT molecular complexity index is 1480. The van der Waals surface area contributed by atoms with Gasteiger partial charge in [0.1, 0.15) is 5.54 Å². The molecular weight excluding hydrogens is 539 g/mol. The van der Waals surface area contributed by atoms with E-state index in [9.17, 15) is 36.3 Å². The van der Waals surface area contributed by atoms with Crippen molar-refractivity contribution in [3.63, 3.8) is 0 Å². The smallest absolute Gasteiger partial charge is 0.353 e. The van der Waals surface area contributed by atoms with Crippen LogP contribution in [-0.2, 0) is 4.79 Å². The van der Waals surface area contributed by atoms with Crippen LogP contribution >= 0.6 is 0 Å². The number of alkyl halides is 3. The van der Waals surface area contributed by atoms with Crippen molar-refractivity contribution in [2.45, 2.75) is 55.8 Å². The van der Waals surface area contributed by atoms with Crippen LogP contribution in [0.25, 0.3) is 11.2 Å². The van der Waals surface area contributed by atoms with Gasteiger partial charge in [-0.3, -0.25) is 14.3 Å². The number of urea groups is 1. The van der Waals surface area contributed by atoms with Crippen LogP contribution in [0.4, 0.5) is 26.7 Å². The van der Waals surface area contributed by atoms with Gasteiger partial charge in [-0.25, -0.2) is 23.4 Å². The van der Waals surface area contributed by atoms with Gasteiger partial charge in [0.2, 0.25) is 5.91 Å². The number of H-pyrrole nitrogens is 1. The SMILES string of the molecule is O=C(N[C@@]1(CC(F)(F)F)CC[C@@H](c2cccc(F)c2F)CNC1=O)N1CCC(n2c(=O)[nH]c3ncccc32)CC1. The number of carbonyl (C=O) groups is 2. The number of imidazole rings is 1. The summed E-state index contributed by atoms with van der Waals surface area (Å²) >= 11 is 0. The number of aromatic amines is 1. The standard InChI is InChI=1S/C26H27F5N6O3/c27-18-4-1-3-17(20(18)28)15-6-9-25(14-26(29,30)31,22(38)33-13-15)35-24(40)36-11-7-16(8-12-36)37-19-5-2-10-32-21(19)34-23(37)39/h1-5,10,15-16H,6-9,11-14H2,(H,33,38)(H,35,40)(H,32,34,39)/t15-,25-/m1/s1. The number of aromatic nitrogens is 3. The lowest BCUT2D eigenvalue weighted by Gasteiger charge is -2.37. The van der Waals surface area contributed by atoms with E-state index in [0.29, 0.717) is 24.0 Å². The molecule has 0 spiro atoms. The molecule has 14 heteroatoms. The summed E-state index contributed by atoms with van der Waals surface area (Å²) in [4.78, 5) is 46.9. The number of pyridine rings is 1. The lowest BCUT2D eigenvalue weighted by Crippen LogP contribution is -2.62. The fraction of sp³-hybridized carbons (Fsp3) is 0.462. The summed E-state index contributed by atoms with van der Waals surface area (Å²) in [6, 6.07) is 5.87. The zero-order valence-electron chi connectivity index (χ0n) is 21.2. The number of likely N-dealkylation sites (tertiary alicyclic amines) is 1. The first kappa shape index (κ1) is 27.6. The Kier molecular flexibility index (Phi) is 7.27. The molecule has 0 bridgehead atoms. The highest BCUT2D eigenvalue weighted by Crippen LogP contribution is 2.37. The molecule has 2 saturated heterocycles. The third kappa shape index (κ3) is 5.39. The van der Waals surface area contributed by atoms with Gasteiger partial charge in [0.15, 0.2) is 17.3 Å². The first-order valence-electron chi connectivity index (χ1n) is 12.9. The Morgan fingerprint density at radius 1 is 1.10 bits per heavy atom. The second-order valence-corrected chi connectivity index (χ2v) is 10.3. The predicted octanol–water partition coefficient (Wildman–Crippen LogP) is 3.73. The van der Waals surface area contributed by atoms with Crippen LogP contribution < -0.4 is 16.3 Å². The summed E-state index contributed by atoms with van der Waals surface area (Å²) in [5.41, 5.74) is -1.69. The van der Waals surface area contributed by atoms with Gasteiger partial charge < -0.3 is 15.5 Å². The first-order chi connectivity index (χ1) is 19.0. The molecule has 214 valence electrons. The molecule has 3 amide bonds. The van der Waals surface area contributed by atoms with Crippen molar-refractivity contribution in [1.29, 1.82) is 0 Å². The second kappa shape index (κ2) is 10.5. The molecule has 0 saturated carbocycles. The van der Waals surface area contributed by atoms with Crippen molar-refractivity contribution in [3.05, 3.63) is 64.2 Å². The summed E-state index contributed by atoms with van der Waals surface area (Å²) < 4.78 is 70.9. The van der Waals surface area contributed by atoms with E-state index in [2.05, 4.69) is 20.6 Å². The van der Waals surface area contributed by atoms with Crippen LogP contribution in [-0.4, -0.2) is 62.7 Å². The molecular formula is C26H27F5N6O3. The third-order valence-corrected chi connectivity index (χ3v) is 7.74. The molecule has 0 aliphatic carbocycles. The van der Waals surface area contributed by atoms with Crippen molar-refractivity contribution in [2.24, 2.45) is 0 Å². The van der Waals surface area contributed by atoms with Crippen molar-refractivity contribution in [1.82, 2.24) is 30.1 Å². The van der Waals surface area contributed by atoms with Crippen LogP contribution in [0.3, 0.4) is 0 Å². The number of nitrogens with one attached hydrogen (secondary N) is 3. The Morgan fingerprint density at radius 3 is 2.58 bits per heavy atom. The average molecular weight is 567 g/mol. The maximum absolute atomic E-state index is 14.4. The normalized spacial score (nSPS) is 22.7. The molecule has 2 atom stereocenters. The zero-order valence-corrected chi connectivity index (χ0v) is 21.2. The minimum absolute atomic E-state index is 0.0563. The van der Waals surface area contributed by atoms with Gasteiger partial charge in [0.25, 0.3) is 0 Å². The maximum atomic E-state index is 14.4. The number of rotatable bonds is 4. The first-order valence-corrected chi connectivity index (χ1v) is 12.9. The van der Waals surface area contributed by atoms with Crippen LogP contribution in [0.1, 0.15) is 49.6 Å². The summed E-state index contributed by atoms with van der Waals surface area (Å²) in [6.07, 6.45) is -4.69. The fourth-order valence-corrected chi connectivity index (χ4v) is 5.73. The largest absolute Gasteiger partial charge is 0.391 e. The third-order valence-electron chi connectivity index (χ3n) is 7.74. The second-order valence-electron chi connectivity index (χ2n) is 10.3. The van der Waals surface area contributed by atoms with Crippen LogP contribution in [0, 0.1) is 11.6 Å². The zero-order chi connectivity index (χ0) is 28.7. The van der Waals surface area contributed by atoms with Gasteiger partial charge in [-0.1, -0.05) is 12.1 Å². The van der Waals surface area contributed by atoms with E-state index < -0.39 is 54.0 Å². The molecule has 2 fully saturated rings. The van der Waals surface area contributed by atoms with Crippen LogP contribution in [0.15, 0.2) is 41.3 Å². The molecule has 5 rings (SSSR count). The number of amides is 3. The van der Waals surface area contributed by atoms with Gasteiger partial charge >= 0.3 is 17.9 Å². The Morgan fingerprint density at radius 2 is 1.85 bits per heavy atom. The number of hydrogen-bond donors (Lipinski definition) is 3. The molecule has 1 aromatic carbocycles. The Labute approximate surface area is 224 Å². The topological polar surface area (TPSA) is 112 Å². The molecule has 4 heterocycles. The number of benzene rings is 1. The van der Waals surface area contributed by atoms with Gasteiger partial charge in [0, 0.05) is 37.8 Å². The van der Waals surface area contributed by atoms with E-state index in [1.165, 1.54) is 17.0 Å². The number of carbonyl (C=O) groups excluding carboxylic acids is 2. The number of fused-ring (bicyclic) bond motifs is 1. The van der Waals surface area contributed by atoms with Gasteiger partial charge in [-0.05, 0) is 49.4 Å². The summed E-state index contributed by atoms with van der Waals surface area (Å²) in [7, 11) is 0. The summed E-state index contributed by atoms with van der Waals surface area (Å²) in [5, 5.41) is 4.74. The van der Waals surface area contributed by atoms with Crippen molar-refractivity contribution in [3.8, 4) is 0 Å². The highest BCUT2D eigenvalue weighted by Gasteiger charge is 2.50. The van der Waals surface area contributed by atoms with Gasteiger partial charge in [-0.15, -0.1) is 0 Å². The van der Waals surface area contributed by atoms with Gasteiger partial charge in [-0.2, -0.15) is 13.2 Å². The van der Waals surface area contributed by atoms with E-state index in [-0.39, 0.29) is 43.4 Å². The molecule has 9 nitrogen and oxygen atoms in total. The number of piperidine rings is 1. The number of hydrogen-bond acceptors (Lipinski definition) is 4. The van der Waals surface area contributed by atoms with Crippen molar-refractivity contribution >= 4 is 23.1 Å². The fourth-order valence-electron chi connectivity index (χ4n) is 5.73. The van der Waals surface area contributed by atoms with E-state index in [4.69, 9.17) is 0 Å². The van der Waals surface area contributed by atoms with Gasteiger partial charge in [0.05, 0.1) is 11.9 Å². The monoisotopic (exact) mass is 566 g/mol. The molecule has 2 aliphatic rings.